The number of rotatable bonds is 0. The van der Waals surface area contributed by atoms with Crippen LogP contribution in [0.5, 0.6) is 0 Å². The second kappa shape index (κ2) is 4.56. The Morgan fingerprint density at radius 1 is 1.05 bits per heavy atom. The van der Waals surface area contributed by atoms with E-state index >= 15 is 0 Å². The van der Waals surface area contributed by atoms with Gasteiger partial charge in [-0.15, -0.1) is 0 Å². The van der Waals surface area contributed by atoms with Gasteiger partial charge in [-0.25, -0.2) is 0 Å². The van der Waals surface area contributed by atoms with Gasteiger partial charge in [0.2, 0.25) is 0 Å². The van der Waals surface area contributed by atoms with Crippen molar-refractivity contribution in [2.24, 2.45) is 35.0 Å². The van der Waals surface area contributed by atoms with E-state index in [1.807, 2.05) is 0 Å². The summed E-state index contributed by atoms with van der Waals surface area (Å²) >= 11 is 0. The van der Waals surface area contributed by atoms with E-state index < -0.39 is 0 Å². The van der Waals surface area contributed by atoms with Crippen molar-refractivity contribution in [2.45, 2.75) is 70.8 Å². The van der Waals surface area contributed by atoms with Crippen LogP contribution in [0.15, 0.2) is 0 Å². The monoisotopic (exact) mass is 276 g/mol. The lowest BCUT2D eigenvalue weighted by Crippen LogP contribution is -2.47. The summed E-state index contributed by atoms with van der Waals surface area (Å²) in [6, 6.07) is 0. The molecule has 0 radical (unpaired) electrons. The SMILES string of the molecule is C[C@@]12CC[C@H]3[C@@H]4CC[C@H](O)C[C@@H]4CC[C@@H]3[C@H]1CC(=O)C2. The highest BCUT2D eigenvalue weighted by atomic mass is 16.3. The van der Waals surface area contributed by atoms with Gasteiger partial charge in [0.25, 0.3) is 0 Å². The zero-order valence-electron chi connectivity index (χ0n) is 12.7. The molecule has 2 heteroatoms. The van der Waals surface area contributed by atoms with Gasteiger partial charge in [-0.2, -0.15) is 0 Å². The van der Waals surface area contributed by atoms with Gasteiger partial charge in [0.1, 0.15) is 5.78 Å². The molecule has 1 N–H and O–H groups in total. The third kappa shape index (κ3) is 1.90. The summed E-state index contributed by atoms with van der Waals surface area (Å²) in [4.78, 5) is 12.0. The van der Waals surface area contributed by atoms with E-state index in [4.69, 9.17) is 0 Å². The molecule has 20 heavy (non-hydrogen) atoms. The quantitative estimate of drug-likeness (QED) is 0.734. The fourth-order valence-corrected chi connectivity index (χ4v) is 6.61. The normalized spacial score (nSPS) is 55.0. The number of hydrogen-bond acceptors (Lipinski definition) is 2. The lowest BCUT2D eigenvalue weighted by Gasteiger charge is -2.54. The predicted octanol–water partition coefficient (Wildman–Crippen LogP) is 3.57. The maximum Gasteiger partial charge on any atom is 0.133 e. The van der Waals surface area contributed by atoms with Crippen molar-refractivity contribution in [1.82, 2.24) is 0 Å². The van der Waals surface area contributed by atoms with Crippen LogP contribution in [0.2, 0.25) is 0 Å². The van der Waals surface area contributed by atoms with Crippen LogP contribution in [0, 0.1) is 35.0 Å². The topological polar surface area (TPSA) is 37.3 Å². The molecule has 4 aliphatic carbocycles. The van der Waals surface area contributed by atoms with Crippen LogP contribution in [0.1, 0.15) is 64.7 Å². The second-order valence-corrected chi connectivity index (χ2v) is 8.51. The average molecular weight is 276 g/mol. The molecular formula is C18H28O2. The van der Waals surface area contributed by atoms with Crippen molar-refractivity contribution in [2.75, 3.05) is 0 Å². The molecule has 0 aliphatic heterocycles. The lowest BCUT2D eigenvalue weighted by molar-refractivity contribution is -0.118. The molecule has 2 nitrogen and oxygen atoms in total. The Kier molecular flexibility index (Phi) is 3.03. The highest BCUT2D eigenvalue weighted by Crippen LogP contribution is 2.61. The highest BCUT2D eigenvalue weighted by Gasteiger charge is 2.55. The van der Waals surface area contributed by atoms with Gasteiger partial charge < -0.3 is 5.11 Å². The van der Waals surface area contributed by atoms with Crippen molar-refractivity contribution in [3.63, 3.8) is 0 Å². The Labute approximate surface area is 122 Å². The van der Waals surface area contributed by atoms with Crippen molar-refractivity contribution in [3.8, 4) is 0 Å². The molecule has 4 saturated carbocycles. The molecule has 0 aromatic carbocycles. The molecule has 112 valence electrons. The number of ketones is 1. The maximum absolute atomic E-state index is 12.0. The lowest BCUT2D eigenvalue weighted by atomic mass is 9.50. The van der Waals surface area contributed by atoms with Gasteiger partial charge in [-0.05, 0) is 80.0 Å². The minimum Gasteiger partial charge on any atom is -0.393 e. The summed E-state index contributed by atoms with van der Waals surface area (Å²) in [6.45, 7) is 2.38. The van der Waals surface area contributed by atoms with Crippen LogP contribution >= 0.6 is 0 Å². The first-order chi connectivity index (χ1) is 9.57. The van der Waals surface area contributed by atoms with Crippen LogP contribution in [-0.4, -0.2) is 17.0 Å². The molecule has 4 aliphatic rings. The summed E-state index contributed by atoms with van der Waals surface area (Å²) < 4.78 is 0. The van der Waals surface area contributed by atoms with Crippen LogP contribution < -0.4 is 0 Å². The van der Waals surface area contributed by atoms with Crippen LogP contribution in [-0.2, 0) is 4.79 Å². The number of Topliss-reactive ketones (excluding diaryl/α,β-unsaturated/α-hetero) is 1. The Balaban J connectivity index is 1.57. The average Bonchev–Trinajstić information content (AvgIpc) is 2.72. The summed E-state index contributed by atoms with van der Waals surface area (Å²) in [6.07, 6.45) is 10.3. The van der Waals surface area contributed by atoms with E-state index in [2.05, 4.69) is 6.92 Å². The summed E-state index contributed by atoms with van der Waals surface area (Å²) in [5, 5.41) is 9.93. The van der Waals surface area contributed by atoms with E-state index in [9.17, 15) is 9.90 Å². The predicted molar refractivity (Wildman–Crippen MR) is 78.1 cm³/mol. The van der Waals surface area contributed by atoms with E-state index in [1.54, 1.807) is 0 Å². The molecule has 0 amide bonds. The van der Waals surface area contributed by atoms with Crippen LogP contribution in [0.25, 0.3) is 0 Å². The molecule has 4 rings (SSSR count). The van der Waals surface area contributed by atoms with Crippen LogP contribution in [0.4, 0.5) is 0 Å². The number of carbonyl (C=O) groups is 1. The number of carbonyl (C=O) groups excluding carboxylic acids is 1. The smallest absolute Gasteiger partial charge is 0.133 e. The van der Waals surface area contributed by atoms with Crippen molar-refractivity contribution >= 4 is 5.78 Å². The second-order valence-electron chi connectivity index (χ2n) is 8.51. The third-order valence-electron chi connectivity index (χ3n) is 7.49. The fourth-order valence-electron chi connectivity index (χ4n) is 6.61. The molecule has 0 bridgehead atoms. The van der Waals surface area contributed by atoms with E-state index in [0.717, 1.165) is 49.4 Å². The Morgan fingerprint density at radius 2 is 1.85 bits per heavy atom. The van der Waals surface area contributed by atoms with E-state index in [1.165, 1.54) is 32.1 Å². The van der Waals surface area contributed by atoms with Gasteiger partial charge in [-0.3, -0.25) is 4.79 Å². The standard InChI is InChI=1S/C18H28O2/c1-18-7-6-15-14-5-3-12(19)8-11(14)2-4-16(15)17(18)9-13(20)10-18/h11-12,14-17,19H,2-10H2,1H3/t11-,12-,14+,15-,16-,17+,18-/m0/s1. The maximum atomic E-state index is 12.0. The van der Waals surface area contributed by atoms with Gasteiger partial charge in [0, 0.05) is 12.8 Å². The molecule has 7 atom stereocenters. The van der Waals surface area contributed by atoms with Gasteiger partial charge >= 0.3 is 0 Å². The minimum atomic E-state index is -0.0327. The summed E-state index contributed by atoms with van der Waals surface area (Å²) in [5.74, 6) is 4.53. The zero-order chi connectivity index (χ0) is 13.9. The fraction of sp³-hybridized carbons (Fsp3) is 0.944. The van der Waals surface area contributed by atoms with Gasteiger partial charge in [0.15, 0.2) is 0 Å². The first kappa shape index (κ1) is 13.3. The van der Waals surface area contributed by atoms with Gasteiger partial charge in [0.05, 0.1) is 6.10 Å². The van der Waals surface area contributed by atoms with E-state index in [0.29, 0.717) is 17.1 Å². The molecular weight excluding hydrogens is 248 g/mol. The van der Waals surface area contributed by atoms with Crippen molar-refractivity contribution in [1.29, 1.82) is 0 Å². The Hall–Kier alpha value is -0.370. The first-order valence-corrected chi connectivity index (χ1v) is 8.76. The summed E-state index contributed by atoms with van der Waals surface area (Å²) in [7, 11) is 0. The minimum absolute atomic E-state index is 0.0327. The molecule has 0 aromatic rings. The molecule has 0 unspecified atom stereocenters. The first-order valence-electron chi connectivity index (χ1n) is 8.76. The Morgan fingerprint density at radius 3 is 2.70 bits per heavy atom. The molecule has 0 aromatic heterocycles. The number of fused-ring (bicyclic) bond motifs is 5. The molecule has 4 fully saturated rings. The summed E-state index contributed by atoms with van der Waals surface area (Å²) in [5.41, 5.74) is 0.333. The molecule has 0 saturated heterocycles. The van der Waals surface area contributed by atoms with Crippen molar-refractivity contribution in [3.05, 3.63) is 0 Å². The molecule has 0 spiro atoms. The Bertz CT molecular complexity index is 418. The molecule has 0 heterocycles. The largest absolute Gasteiger partial charge is 0.393 e. The van der Waals surface area contributed by atoms with Gasteiger partial charge in [-0.1, -0.05) is 6.92 Å². The zero-order valence-corrected chi connectivity index (χ0v) is 12.7. The third-order valence-corrected chi connectivity index (χ3v) is 7.49. The van der Waals surface area contributed by atoms with Crippen molar-refractivity contribution < 1.29 is 9.90 Å². The van der Waals surface area contributed by atoms with Crippen LogP contribution in [0.3, 0.4) is 0 Å². The number of hydrogen-bond donors (Lipinski definition) is 1. The van der Waals surface area contributed by atoms with E-state index in [-0.39, 0.29) is 6.10 Å². The number of aliphatic hydroxyl groups is 1. The highest BCUT2D eigenvalue weighted by molar-refractivity contribution is 5.82. The number of aliphatic hydroxyl groups excluding tert-OH is 1.